The highest BCUT2D eigenvalue weighted by Crippen LogP contribution is 2.31. The molecule has 2 rings (SSSR count). The van der Waals surface area contributed by atoms with E-state index < -0.39 is 17.6 Å². The third-order valence-electron chi connectivity index (χ3n) is 3.55. The Kier molecular flexibility index (Phi) is 6.08. The fourth-order valence-electron chi connectivity index (χ4n) is 2.23. The lowest BCUT2D eigenvalue weighted by molar-refractivity contribution is -0.137. The average Bonchev–Trinajstić information content (AvgIpc) is 2.65. The molecule has 27 heavy (non-hydrogen) atoms. The normalized spacial score (nSPS) is 11.5. The Morgan fingerprint density at radius 2 is 1.89 bits per heavy atom. The number of carbonyl (C=O) groups excluding carboxylic acids is 1. The van der Waals surface area contributed by atoms with Gasteiger partial charge in [0.1, 0.15) is 23.1 Å². The Morgan fingerprint density at radius 3 is 2.48 bits per heavy atom. The van der Waals surface area contributed by atoms with Crippen LogP contribution in [0.25, 0.3) is 6.08 Å². The summed E-state index contributed by atoms with van der Waals surface area (Å²) >= 11 is 0. The SMILES string of the molecule is COc1ccc(OC)c(C=C(C#N)C(=O)Nc2cccc(C(F)(F)F)c2)c1. The van der Waals surface area contributed by atoms with Gasteiger partial charge in [-0.15, -0.1) is 0 Å². The molecule has 0 atom stereocenters. The highest BCUT2D eigenvalue weighted by Gasteiger charge is 2.30. The standard InChI is InChI=1S/C19H15F3N2O3/c1-26-16-6-7-17(27-2)12(9-16)8-13(11-23)18(25)24-15-5-3-4-14(10-15)19(20,21)22/h3-10H,1-2H3,(H,24,25). The second-order valence-electron chi connectivity index (χ2n) is 5.31. The first-order chi connectivity index (χ1) is 12.8. The van der Waals surface area contributed by atoms with Crippen molar-refractivity contribution in [1.29, 1.82) is 5.26 Å². The van der Waals surface area contributed by atoms with E-state index in [0.717, 1.165) is 12.1 Å². The smallest absolute Gasteiger partial charge is 0.416 e. The van der Waals surface area contributed by atoms with Crippen molar-refractivity contribution in [2.24, 2.45) is 0 Å². The Labute approximate surface area is 153 Å². The van der Waals surface area contributed by atoms with Gasteiger partial charge in [-0.1, -0.05) is 6.07 Å². The number of benzene rings is 2. The second kappa shape index (κ2) is 8.27. The largest absolute Gasteiger partial charge is 0.497 e. The van der Waals surface area contributed by atoms with Gasteiger partial charge in [0.05, 0.1) is 19.8 Å². The van der Waals surface area contributed by atoms with Crippen LogP contribution in [0.5, 0.6) is 11.5 Å². The highest BCUT2D eigenvalue weighted by atomic mass is 19.4. The van der Waals surface area contributed by atoms with Gasteiger partial charge in [-0.25, -0.2) is 0 Å². The van der Waals surface area contributed by atoms with Crippen LogP contribution in [0.15, 0.2) is 48.0 Å². The topological polar surface area (TPSA) is 71.3 Å². The molecule has 0 aromatic heterocycles. The molecule has 1 amide bonds. The number of nitriles is 1. The van der Waals surface area contributed by atoms with E-state index in [1.54, 1.807) is 24.3 Å². The lowest BCUT2D eigenvalue weighted by atomic mass is 10.1. The zero-order valence-corrected chi connectivity index (χ0v) is 14.4. The van der Waals surface area contributed by atoms with Crippen molar-refractivity contribution < 1.29 is 27.4 Å². The highest BCUT2D eigenvalue weighted by molar-refractivity contribution is 6.09. The number of alkyl halides is 3. The van der Waals surface area contributed by atoms with Crippen LogP contribution in [0.1, 0.15) is 11.1 Å². The molecule has 0 fully saturated rings. The number of hydrogen-bond donors (Lipinski definition) is 1. The minimum atomic E-state index is -4.54. The van der Waals surface area contributed by atoms with Gasteiger partial charge in [0.25, 0.3) is 5.91 Å². The molecule has 1 N–H and O–H groups in total. The summed E-state index contributed by atoms with van der Waals surface area (Å²) in [5, 5.41) is 11.6. The number of ether oxygens (including phenoxy) is 2. The van der Waals surface area contributed by atoms with E-state index >= 15 is 0 Å². The molecule has 0 unspecified atom stereocenters. The molecule has 5 nitrogen and oxygen atoms in total. The Balaban J connectivity index is 2.32. The maximum Gasteiger partial charge on any atom is 0.416 e. The molecule has 140 valence electrons. The van der Waals surface area contributed by atoms with E-state index in [0.29, 0.717) is 17.1 Å². The summed E-state index contributed by atoms with van der Waals surface area (Å²) in [5.41, 5.74) is -0.877. The summed E-state index contributed by atoms with van der Waals surface area (Å²) < 4.78 is 48.6. The Bertz CT molecular complexity index is 915. The van der Waals surface area contributed by atoms with Crippen LogP contribution in [0, 0.1) is 11.3 Å². The molecule has 0 heterocycles. The lowest BCUT2D eigenvalue weighted by Gasteiger charge is -2.10. The van der Waals surface area contributed by atoms with E-state index in [1.807, 2.05) is 0 Å². The molecule has 2 aromatic rings. The maximum absolute atomic E-state index is 12.8. The molecular formula is C19H15F3N2O3. The summed E-state index contributed by atoms with van der Waals surface area (Å²) in [4.78, 5) is 12.3. The van der Waals surface area contributed by atoms with Gasteiger partial charge in [-0.2, -0.15) is 18.4 Å². The van der Waals surface area contributed by atoms with Gasteiger partial charge in [0.2, 0.25) is 0 Å². The first kappa shape index (κ1) is 19.8. The van der Waals surface area contributed by atoms with Crippen molar-refractivity contribution in [1.82, 2.24) is 0 Å². The van der Waals surface area contributed by atoms with Crippen molar-refractivity contribution in [3.63, 3.8) is 0 Å². The van der Waals surface area contributed by atoms with Crippen LogP contribution < -0.4 is 14.8 Å². The predicted octanol–water partition coefficient (Wildman–Crippen LogP) is 4.27. The zero-order valence-electron chi connectivity index (χ0n) is 14.4. The van der Waals surface area contributed by atoms with E-state index in [2.05, 4.69) is 5.32 Å². The molecule has 8 heteroatoms. The van der Waals surface area contributed by atoms with Gasteiger partial charge >= 0.3 is 6.18 Å². The van der Waals surface area contributed by atoms with E-state index in [1.165, 1.54) is 32.4 Å². The van der Waals surface area contributed by atoms with Gasteiger partial charge in [-0.3, -0.25) is 4.79 Å². The molecule has 0 aliphatic heterocycles. The average molecular weight is 376 g/mol. The van der Waals surface area contributed by atoms with Crippen LogP contribution in [-0.4, -0.2) is 20.1 Å². The van der Waals surface area contributed by atoms with Crippen LogP contribution in [0.3, 0.4) is 0 Å². The number of methoxy groups -OCH3 is 2. The number of rotatable bonds is 5. The van der Waals surface area contributed by atoms with Crippen molar-refractivity contribution in [2.75, 3.05) is 19.5 Å². The fourth-order valence-corrected chi connectivity index (χ4v) is 2.23. The van der Waals surface area contributed by atoms with Gasteiger partial charge in [-0.05, 0) is 42.5 Å². The number of amides is 1. The number of halogens is 3. The molecule has 0 aliphatic carbocycles. The lowest BCUT2D eigenvalue weighted by Crippen LogP contribution is -2.14. The minimum absolute atomic E-state index is 0.0754. The molecule has 0 radical (unpaired) electrons. The molecule has 2 aromatic carbocycles. The Morgan fingerprint density at radius 1 is 1.15 bits per heavy atom. The molecular weight excluding hydrogens is 361 g/mol. The summed E-state index contributed by atoms with van der Waals surface area (Å²) in [6.07, 6.45) is -3.27. The van der Waals surface area contributed by atoms with Gasteiger partial charge in [0.15, 0.2) is 0 Å². The summed E-state index contributed by atoms with van der Waals surface area (Å²) in [7, 11) is 2.88. The van der Waals surface area contributed by atoms with Crippen molar-refractivity contribution in [2.45, 2.75) is 6.18 Å². The molecule has 0 aliphatic rings. The summed E-state index contributed by atoms with van der Waals surface area (Å²) in [5.74, 6) is 0.0368. The van der Waals surface area contributed by atoms with Gasteiger partial charge in [0, 0.05) is 11.3 Å². The van der Waals surface area contributed by atoms with Crippen LogP contribution in [0.4, 0.5) is 18.9 Å². The predicted molar refractivity (Wildman–Crippen MR) is 93.2 cm³/mol. The second-order valence-corrected chi connectivity index (χ2v) is 5.31. The van der Waals surface area contributed by atoms with E-state index in [9.17, 15) is 23.2 Å². The van der Waals surface area contributed by atoms with Crippen molar-refractivity contribution >= 4 is 17.7 Å². The number of nitrogens with one attached hydrogen (secondary N) is 1. The van der Waals surface area contributed by atoms with Gasteiger partial charge < -0.3 is 14.8 Å². The summed E-state index contributed by atoms with van der Waals surface area (Å²) in [6, 6.07) is 10.7. The number of carbonyl (C=O) groups is 1. The molecule has 0 saturated heterocycles. The molecule has 0 saturated carbocycles. The fraction of sp³-hybridized carbons (Fsp3) is 0.158. The van der Waals surface area contributed by atoms with Crippen LogP contribution >= 0.6 is 0 Å². The van der Waals surface area contributed by atoms with Crippen LogP contribution in [-0.2, 0) is 11.0 Å². The number of hydrogen-bond acceptors (Lipinski definition) is 4. The monoisotopic (exact) mass is 376 g/mol. The first-order valence-electron chi connectivity index (χ1n) is 7.61. The molecule has 0 bridgehead atoms. The third kappa shape index (κ3) is 5.01. The third-order valence-corrected chi connectivity index (χ3v) is 3.55. The van der Waals surface area contributed by atoms with Crippen molar-refractivity contribution in [3.8, 4) is 17.6 Å². The first-order valence-corrected chi connectivity index (χ1v) is 7.61. The van der Waals surface area contributed by atoms with E-state index in [-0.39, 0.29) is 11.3 Å². The Hall–Kier alpha value is -3.47. The quantitative estimate of drug-likeness (QED) is 0.625. The van der Waals surface area contributed by atoms with Crippen molar-refractivity contribution in [3.05, 3.63) is 59.2 Å². The maximum atomic E-state index is 12.8. The van der Waals surface area contributed by atoms with E-state index in [4.69, 9.17) is 9.47 Å². The van der Waals surface area contributed by atoms with Crippen LogP contribution in [0.2, 0.25) is 0 Å². The minimum Gasteiger partial charge on any atom is -0.497 e. The number of anilines is 1. The molecule has 0 spiro atoms. The summed E-state index contributed by atoms with van der Waals surface area (Å²) in [6.45, 7) is 0. The number of nitrogens with zero attached hydrogens (tertiary/aromatic N) is 1. The zero-order chi connectivity index (χ0) is 20.0.